The Hall–Kier alpha value is -1.47. The van der Waals surface area contributed by atoms with E-state index in [4.69, 9.17) is 11.6 Å². The molecule has 0 spiro atoms. The van der Waals surface area contributed by atoms with Gasteiger partial charge in [0.25, 0.3) is 0 Å². The van der Waals surface area contributed by atoms with Crippen LogP contribution in [0.25, 0.3) is 0 Å². The van der Waals surface area contributed by atoms with Crippen LogP contribution in [-0.4, -0.2) is 0 Å². The van der Waals surface area contributed by atoms with Gasteiger partial charge in [0.05, 0.1) is 10.7 Å². The molecule has 0 amide bonds. The maximum Gasteiger partial charge on any atom is 0.0637 e. The highest BCUT2D eigenvalue weighted by Crippen LogP contribution is 2.20. The summed E-state index contributed by atoms with van der Waals surface area (Å²) in [4.78, 5) is 0. The van der Waals surface area contributed by atoms with E-state index in [9.17, 15) is 0 Å². The fourth-order valence-corrected chi connectivity index (χ4v) is 1.60. The number of benzene rings is 2. The number of para-hydroxylation sites is 1. The monoisotopic (exact) mass is 217 g/mol. The van der Waals surface area contributed by atoms with Crippen molar-refractivity contribution in [1.82, 2.24) is 0 Å². The quantitative estimate of drug-likeness (QED) is 0.821. The van der Waals surface area contributed by atoms with E-state index in [0.717, 1.165) is 17.3 Å². The molecular weight excluding hydrogens is 206 g/mol. The Morgan fingerprint density at radius 3 is 2.27 bits per heavy atom. The van der Waals surface area contributed by atoms with Crippen molar-refractivity contribution < 1.29 is 0 Å². The molecule has 0 saturated heterocycles. The number of anilines is 1. The molecule has 2 aromatic rings. The zero-order valence-electron chi connectivity index (χ0n) is 8.28. The van der Waals surface area contributed by atoms with Gasteiger partial charge in [-0.1, -0.05) is 54.1 Å². The molecule has 15 heavy (non-hydrogen) atoms. The minimum atomic E-state index is 0.758. The van der Waals surface area contributed by atoms with Crippen molar-refractivity contribution in [3.05, 3.63) is 65.2 Å². The second kappa shape index (κ2) is 4.85. The van der Waals surface area contributed by atoms with E-state index < -0.39 is 0 Å². The molecule has 2 rings (SSSR count). The predicted molar refractivity (Wildman–Crippen MR) is 65.2 cm³/mol. The molecule has 1 nitrogen and oxygen atoms in total. The molecule has 1 N–H and O–H groups in total. The van der Waals surface area contributed by atoms with Crippen LogP contribution in [0.2, 0.25) is 5.02 Å². The van der Waals surface area contributed by atoms with E-state index in [1.165, 1.54) is 5.56 Å². The van der Waals surface area contributed by atoms with Crippen molar-refractivity contribution in [2.45, 2.75) is 6.54 Å². The van der Waals surface area contributed by atoms with Crippen molar-refractivity contribution in [2.24, 2.45) is 0 Å². The van der Waals surface area contributed by atoms with Gasteiger partial charge in [-0.05, 0) is 17.7 Å². The summed E-state index contributed by atoms with van der Waals surface area (Å²) in [6.07, 6.45) is 0. The summed E-state index contributed by atoms with van der Waals surface area (Å²) >= 11 is 6.03. The van der Waals surface area contributed by atoms with Crippen molar-refractivity contribution in [3.63, 3.8) is 0 Å². The standard InChI is InChI=1S/C13H12ClN/c14-12-8-4-5-9-13(12)15-10-11-6-2-1-3-7-11/h1-9,15H,10H2. The Morgan fingerprint density at radius 1 is 0.867 bits per heavy atom. The summed E-state index contributed by atoms with van der Waals surface area (Å²) in [7, 11) is 0. The molecule has 0 heterocycles. The van der Waals surface area contributed by atoms with E-state index in [-0.39, 0.29) is 0 Å². The summed E-state index contributed by atoms with van der Waals surface area (Å²) < 4.78 is 0. The molecule has 0 aliphatic carbocycles. The van der Waals surface area contributed by atoms with Crippen LogP contribution >= 0.6 is 11.6 Å². The molecule has 0 unspecified atom stereocenters. The number of nitrogens with one attached hydrogen (secondary N) is 1. The van der Waals surface area contributed by atoms with E-state index in [0.29, 0.717) is 0 Å². The Kier molecular flexibility index (Phi) is 3.25. The third-order valence-corrected chi connectivity index (χ3v) is 2.53. The third-order valence-electron chi connectivity index (χ3n) is 2.20. The molecular formula is C13H12ClN. The second-order valence-corrected chi connectivity index (χ2v) is 3.73. The van der Waals surface area contributed by atoms with Crippen LogP contribution in [0.5, 0.6) is 0 Å². The van der Waals surface area contributed by atoms with Gasteiger partial charge in [0, 0.05) is 6.54 Å². The molecule has 0 aliphatic rings. The summed E-state index contributed by atoms with van der Waals surface area (Å²) in [6.45, 7) is 0.796. The Bertz CT molecular complexity index is 426. The fraction of sp³-hybridized carbons (Fsp3) is 0.0769. The largest absolute Gasteiger partial charge is 0.380 e. The van der Waals surface area contributed by atoms with Gasteiger partial charge in [0.2, 0.25) is 0 Å². The highest BCUT2D eigenvalue weighted by atomic mass is 35.5. The first-order valence-electron chi connectivity index (χ1n) is 4.88. The molecule has 0 saturated carbocycles. The first kappa shape index (κ1) is 10.1. The molecule has 76 valence electrons. The van der Waals surface area contributed by atoms with Crippen LogP contribution in [0.1, 0.15) is 5.56 Å². The summed E-state index contributed by atoms with van der Waals surface area (Å²) in [5, 5.41) is 4.06. The van der Waals surface area contributed by atoms with Gasteiger partial charge >= 0.3 is 0 Å². The molecule has 0 atom stereocenters. The minimum absolute atomic E-state index is 0.758. The van der Waals surface area contributed by atoms with Gasteiger partial charge in [-0.15, -0.1) is 0 Å². The molecule has 2 aromatic carbocycles. The van der Waals surface area contributed by atoms with Gasteiger partial charge < -0.3 is 5.32 Å². The molecule has 0 aromatic heterocycles. The normalized spacial score (nSPS) is 9.93. The smallest absolute Gasteiger partial charge is 0.0637 e. The third kappa shape index (κ3) is 2.74. The van der Waals surface area contributed by atoms with Gasteiger partial charge in [-0.2, -0.15) is 0 Å². The van der Waals surface area contributed by atoms with Crippen molar-refractivity contribution >= 4 is 17.3 Å². The number of rotatable bonds is 3. The van der Waals surface area contributed by atoms with Gasteiger partial charge in [0.1, 0.15) is 0 Å². The SMILES string of the molecule is Clc1ccccc1NCc1ccccc1. The Morgan fingerprint density at radius 2 is 1.53 bits per heavy atom. The zero-order valence-corrected chi connectivity index (χ0v) is 9.04. The number of hydrogen-bond donors (Lipinski definition) is 1. The van der Waals surface area contributed by atoms with Crippen LogP contribution < -0.4 is 5.32 Å². The van der Waals surface area contributed by atoms with Crippen LogP contribution in [0.4, 0.5) is 5.69 Å². The minimum Gasteiger partial charge on any atom is -0.380 e. The first-order valence-corrected chi connectivity index (χ1v) is 5.26. The maximum atomic E-state index is 6.03. The van der Waals surface area contributed by atoms with Crippen LogP contribution in [0.3, 0.4) is 0 Å². The topological polar surface area (TPSA) is 12.0 Å². The lowest BCUT2D eigenvalue weighted by molar-refractivity contribution is 1.15. The summed E-state index contributed by atoms with van der Waals surface area (Å²) in [5.41, 5.74) is 2.22. The predicted octanol–water partition coefficient (Wildman–Crippen LogP) is 3.95. The average molecular weight is 218 g/mol. The highest BCUT2D eigenvalue weighted by molar-refractivity contribution is 6.33. The van der Waals surface area contributed by atoms with Crippen LogP contribution in [0.15, 0.2) is 54.6 Å². The van der Waals surface area contributed by atoms with Gasteiger partial charge in [0.15, 0.2) is 0 Å². The molecule has 0 fully saturated rings. The van der Waals surface area contributed by atoms with Crippen LogP contribution in [-0.2, 0) is 6.54 Å². The fourth-order valence-electron chi connectivity index (χ4n) is 1.40. The molecule has 0 bridgehead atoms. The van der Waals surface area contributed by atoms with E-state index in [1.807, 2.05) is 42.5 Å². The van der Waals surface area contributed by atoms with Crippen molar-refractivity contribution in [3.8, 4) is 0 Å². The van der Waals surface area contributed by atoms with Gasteiger partial charge in [-0.25, -0.2) is 0 Å². The Balaban J connectivity index is 2.03. The van der Waals surface area contributed by atoms with E-state index in [2.05, 4.69) is 17.4 Å². The molecule has 0 aliphatic heterocycles. The summed E-state index contributed by atoms with van der Waals surface area (Å²) in [5.74, 6) is 0. The van der Waals surface area contributed by atoms with Gasteiger partial charge in [-0.3, -0.25) is 0 Å². The zero-order chi connectivity index (χ0) is 10.5. The lowest BCUT2D eigenvalue weighted by atomic mass is 10.2. The number of hydrogen-bond acceptors (Lipinski definition) is 1. The van der Waals surface area contributed by atoms with E-state index in [1.54, 1.807) is 0 Å². The Labute approximate surface area is 94.7 Å². The van der Waals surface area contributed by atoms with Crippen molar-refractivity contribution in [2.75, 3.05) is 5.32 Å². The first-order chi connectivity index (χ1) is 7.36. The highest BCUT2D eigenvalue weighted by Gasteiger charge is 1.97. The second-order valence-electron chi connectivity index (χ2n) is 3.32. The maximum absolute atomic E-state index is 6.03. The average Bonchev–Trinajstić information content (AvgIpc) is 2.29. The lowest BCUT2D eigenvalue weighted by Crippen LogP contribution is -1.99. The van der Waals surface area contributed by atoms with Crippen molar-refractivity contribution in [1.29, 1.82) is 0 Å². The van der Waals surface area contributed by atoms with E-state index >= 15 is 0 Å². The number of halogens is 1. The summed E-state index contributed by atoms with van der Waals surface area (Å²) in [6, 6.07) is 18.0. The molecule has 2 heteroatoms. The molecule has 0 radical (unpaired) electrons. The lowest BCUT2D eigenvalue weighted by Gasteiger charge is -2.07. The van der Waals surface area contributed by atoms with Crippen LogP contribution in [0, 0.1) is 0 Å².